The summed E-state index contributed by atoms with van der Waals surface area (Å²) in [6.07, 6.45) is 0. The SMILES string of the molecule is Nc1c(Br)cc(CO)c2sccc12. The number of nitrogens with two attached hydrogens (primary N) is 1. The molecule has 2 aromatic rings. The standard InChI is InChI=1S/C9H8BrNOS/c10-7-3-5(4-12)9-6(8(7)11)1-2-13-9/h1-3,12H,4,11H2. The first kappa shape index (κ1) is 8.99. The van der Waals surface area contributed by atoms with Gasteiger partial charge in [0.2, 0.25) is 0 Å². The van der Waals surface area contributed by atoms with Gasteiger partial charge >= 0.3 is 0 Å². The Kier molecular flexibility index (Phi) is 2.27. The molecular weight excluding hydrogens is 250 g/mol. The van der Waals surface area contributed by atoms with Gasteiger partial charge in [0, 0.05) is 14.6 Å². The van der Waals surface area contributed by atoms with E-state index in [9.17, 15) is 0 Å². The number of fused-ring (bicyclic) bond motifs is 1. The van der Waals surface area contributed by atoms with Crippen LogP contribution in [0.15, 0.2) is 22.0 Å². The second kappa shape index (κ2) is 3.29. The molecule has 68 valence electrons. The fraction of sp³-hybridized carbons (Fsp3) is 0.111. The van der Waals surface area contributed by atoms with Crippen molar-refractivity contribution in [3.05, 3.63) is 27.5 Å². The molecule has 0 bridgehead atoms. The first-order valence-electron chi connectivity index (χ1n) is 3.79. The van der Waals surface area contributed by atoms with Crippen molar-refractivity contribution in [2.45, 2.75) is 6.61 Å². The van der Waals surface area contributed by atoms with Crippen LogP contribution in [0.4, 0.5) is 5.69 Å². The van der Waals surface area contributed by atoms with Crippen molar-refractivity contribution in [3.8, 4) is 0 Å². The van der Waals surface area contributed by atoms with E-state index in [0.29, 0.717) is 0 Å². The van der Waals surface area contributed by atoms with E-state index in [1.54, 1.807) is 11.3 Å². The molecule has 2 nitrogen and oxygen atoms in total. The molecule has 1 aromatic heterocycles. The minimum atomic E-state index is 0.0515. The Morgan fingerprint density at radius 1 is 1.54 bits per heavy atom. The number of halogens is 1. The monoisotopic (exact) mass is 257 g/mol. The third-order valence-corrected chi connectivity index (χ3v) is 3.62. The van der Waals surface area contributed by atoms with Crippen LogP contribution in [0.25, 0.3) is 10.1 Å². The number of hydrogen-bond donors (Lipinski definition) is 2. The maximum atomic E-state index is 9.11. The summed E-state index contributed by atoms with van der Waals surface area (Å²) in [6.45, 7) is 0.0515. The molecule has 0 amide bonds. The Hall–Kier alpha value is -0.580. The molecule has 0 saturated heterocycles. The van der Waals surface area contributed by atoms with Crippen molar-refractivity contribution in [1.29, 1.82) is 0 Å². The number of hydrogen-bond acceptors (Lipinski definition) is 3. The molecule has 0 aliphatic rings. The van der Waals surface area contributed by atoms with E-state index >= 15 is 0 Å². The molecule has 0 spiro atoms. The summed E-state index contributed by atoms with van der Waals surface area (Å²) in [4.78, 5) is 0. The fourth-order valence-corrected chi connectivity index (χ4v) is 2.72. The normalized spacial score (nSPS) is 10.9. The Bertz CT molecular complexity index is 452. The molecule has 2 rings (SSSR count). The third kappa shape index (κ3) is 1.35. The second-order valence-electron chi connectivity index (χ2n) is 2.75. The van der Waals surface area contributed by atoms with Crippen molar-refractivity contribution < 1.29 is 5.11 Å². The highest BCUT2D eigenvalue weighted by molar-refractivity contribution is 9.10. The quantitative estimate of drug-likeness (QED) is 0.772. The highest BCUT2D eigenvalue weighted by atomic mass is 79.9. The molecule has 1 heterocycles. The predicted molar refractivity (Wildman–Crippen MR) is 59.9 cm³/mol. The zero-order valence-electron chi connectivity index (χ0n) is 6.75. The Labute approximate surface area is 88.1 Å². The molecule has 0 radical (unpaired) electrons. The van der Waals surface area contributed by atoms with E-state index in [0.717, 1.165) is 25.8 Å². The molecule has 13 heavy (non-hydrogen) atoms. The van der Waals surface area contributed by atoms with Crippen LogP contribution in [0.2, 0.25) is 0 Å². The summed E-state index contributed by atoms with van der Waals surface area (Å²) in [5.41, 5.74) is 7.53. The number of aliphatic hydroxyl groups is 1. The zero-order chi connectivity index (χ0) is 9.42. The highest BCUT2D eigenvalue weighted by Gasteiger charge is 2.08. The highest BCUT2D eigenvalue weighted by Crippen LogP contribution is 2.35. The van der Waals surface area contributed by atoms with Crippen molar-refractivity contribution in [1.82, 2.24) is 0 Å². The summed E-state index contributed by atoms with van der Waals surface area (Å²) >= 11 is 4.96. The lowest BCUT2D eigenvalue weighted by Crippen LogP contribution is -1.91. The van der Waals surface area contributed by atoms with Gasteiger partial charge in [-0.25, -0.2) is 0 Å². The van der Waals surface area contributed by atoms with Gasteiger partial charge in [-0.15, -0.1) is 11.3 Å². The van der Waals surface area contributed by atoms with Gasteiger partial charge in [0.15, 0.2) is 0 Å². The number of benzene rings is 1. The van der Waals surface area contributed by atoms with Gasteiger partial charge < -0.3 is 10.8 Å². The van der Waals surface area contributed by atoms with Crippen molar-refractivity contribution >= 4 is 43.0 Å². The topological polar surface area (TPSA) is 46.2 Å². The van der Waals surface area contributed by atoms with Gasteiger partial charge in [-0.1, -0.05) is 0 Å². The first-order chi connectivity index (χ1) is 6.24. The molecule has 1 aromatic carbocycles. The van der Waals surface area contributed by atoms with E-state index in [2.05, 4.69) is 15.9 Å². The number of nitrogen functional groups attached to an aromatic ring is 1. The van der Waals surface area contributed by atoms with E-state index in [1.807, 2.05) is 17.5 Å². The lowest BCUT2D eigenvalue weighted by molar-refractivity contribution is 0.283. The zero-order valence-corrected chi connectivity index (χ0v) is 9.15. The average Bonchev–Trinajstić information content (AvgIpc) is 2.60. The molecule has 3 N–H and O–H groups in total. The molecule has 0 fully saturated rings. The number of anilines is 1. The third-order valence-electron chi connectivity index (χ3n) is 1.98. The summed E-state index contributed by atoms with van der Waals surface area (Å²) in [7, 11) is 0. The largest absolute Gasteiger partial charge is 0.397 e. The van der Waals surface area contributed by atoms with Gasteiger partial charge in [-0.3, -0.25) is 0 Å². The first-order valence-corrected chi connectivity index (χ1v) is 5.46. The van der Waals surface area contributed by atoms with Gasteiger partial charge in [0.1, 0.15) is 0 Å². The Morgan fingerprint density at radius 2 is 2.31 bits per heavy atom. The van der Waals surface area contributed by atoms with Crippen LogP contribution in [0.5, 0.6) is 0 Å². The lowest BCUT2D eigenvalue weighted by Gasteiger charge is -2.04. The molecule has 0 atom stereocenters. The van der Waals surface area contributed by atoms with E-state index < -0.39 is 0 Å². The smallest absolute Gasteiger partial charge is 0.0696 e. The van der Waals surface area contributed by atoms with Crippen molar-refractivity contribution in [2.75, 3.05) is 5.73 Å². The van der Waals surface area contributed by atoms with E-state index in [1.165, 1.54) is 0 Å². The van der Waals surface area contributed by atoms with E-state index in [-0.39, 0.29) is 6.61 Å². The van der Waals surface area contributed by atoms with Gasteiger partial charge in [0.05, 0.1) is 12.3 Å². The molecule has 0 saturated carbocycles. The molecule has 0 aliphatic heterocycles. The lowest BCUT2D eigenvalue weighted by atomic mass is 10.1. The van der Waals surface area contributed by atoms with Crippen LogP contribution < -0.4 is 5.73 Å². The summed E-state index contributed by atoms with van der Waals surface area (Å²) < 4.78 is 1.92. The van der Waals surface area contributed by atoms with Crippen LogP contribution in [0.3, 0.4) is 0 Å². The Balaban J connectivity index is 2.87. The van der Waals surface area contributed by atoms with Crippen LogP contribution >= 0.6 is 27.3 Å². The summed E-state index contributed by atoms with van der Waals surface area (Å²) in [6, 6.07) is 3.84. The molecule has 4 heteroatoms. The molecular formula is C9H8BrNOS. The average molecular weight is 258 g/mol. The fourth-order valence-electron chi connectivity index (χ4n) is 1.31. The van der Waals surface area contributed by atoms with Gasteiger partial charge in [-0.05, 0) is 39.0 Å². The van der Waals surface area contributed by atoms with E-state index in [4.69, 9.17) is 10.8 Å². The van der Waals surface area contributed by atoms with Crippen molar-refractivity contribution in [2.24, 2.45) is 0 Å². The summed E-state index contributed by atoms with van der Waals surface area (Å²) in [5.74, 6) is 0. The Morgan fingerprint density at radius 3 is 3.00 bits per heavy atom. The van der Waals surface area contributed by atoms with Crippen LogP contribution in [-0.4, -0.2) is 5.11 Å². The maximum Gasteiger partial charge on any atom is 0.0696 e. The minimum absolute atomic E-state index is 0.0515. The predicted octanol–water partition coefficient (Wildman–Crippen LogP) is 2.74. The van der Waals surface area contributed by atoms with Gasteiger partial charge in [-0.2, -0.15) is 0 Å². The van der Waals surface area contributed by atoms with Crippen LogP contribution in [0.1, 0.15) is 5.56 Å². The molecule has 0 unspecified atom stereocenters. The van der Waals surface area contributed by atoms with Crippen LogP contribution in [-0.2, 0) is 6.61 Å². The van der Waals surface area contributed by atoms with Crippen molar-refractivity contribution in [3.63, 3.8) is 0 Å². The molecule has 0 aliphatic carbocycles. The number of rotatable bonds is 1. The number of thiophene rings is 1. The van der Waals surface area contributed by atoms with Crippen LogP contribution in [0, 0.1) is 0 Å². The summed E-state index contributed by atoms with van der Waals surface area (Å²) in [5, 5.41) is 12.1. The number of aliphatic hydroxyl groups excluding tert-OH is 1. The maximum absolute atomic E-state index is 9.11. The minimum Gasteiger partial charge on any atom is -0.397 e. The second-order valence-corrected chi connectivity index (χ2v) is 4.52. The van der Waals surface area contributed by atoms with Gasteiger partial charge in [0.25, 0.3) is 0 Å².